The molecular formula is C95H92N2OS. The summed E-state index contributed by atoms with van der Waals surface area (Å²) in [5, 5.41) is 4.75. The Balaban J connectivity index is 1.09. The molecule has 2 atom stereocenters. The summed E-state index contributed by atoms with van der Waals surface area (Å²) in [6.45, 7) is 34.6. The van der Waals surface area contributed by atoms with Crippen LogP contribution >= 0.6 is 11.3 Å². The molecule has 15 rings (SSSR count). The first-order chi connectivity index (χ1) is 47.2. The molecule has 12 aromatic carbocycles. The van der Waals surface area contributed by atoms with Crippen LogP contribution in [0.4, 0.5) is 34.1 Å². The molecule has 0 bridgehead atoms. The third kappa shape index (κ3) is 11.6. The van der Waals surface area contributed by atoms with E-state index in [0.717, 1.165) is 62.7 Å². The van der Waals surface area contributed by atoms with Crippen LogP contribution in [0.15, 0.2) is 271 Å². The van der Waals surface area contributed by atoms with Crippen molar-refractivity contribution < 1.29 is 4.42 Å². The first-order valence-corrected chi connectivity index (χ1v) is 36.4. The molecule has 2 heterocycles. The number of hydrogen-bond donors (Lipinski definition) is 0. The predicted octanol–water partition coefficient (Wildman–Crippen LogP) is 27.1. The zero-order valence-electron chi connectivity index (χ0n) is 60.4. The van der Waals surface area contributed by atoms with E-state index in [-0.39, 0.29) is 33.0 Å². The summed E-state index contributed by atoms with van der Waals surface area (Å²) in [6, 6.07) is 102. The van der Waals surface area contributed by atoms with E-state index in [9.17, 15) is 0 Å². The second-order valence-electron chi connectivity index (χ2n) is 32.9. The van der Waals surface area contributed by atoms with Gasteiger partial charge in [-0.3, -0.25) is 0 Å². The van der Waals surface area contributed by atoms with E-state index in [4.69, 9.17) is 4.42 Å². The van der Waals surface area contributed by atoms with Gasteiger partial charge in [0.25, 0.3) is 0 Å². The summed E-state index contributed by atoms with van der Waals surface area (Å²) in [6.07, 6.45) is 0.730. The second-order valence-corrected chi connectivity index (χ2v) is 34.0. The topological polar surface area (TPSA) is 19.6 Å². The Bertz CT molecular complexity index is 5240. The van der Waals surface area contributed by atoms with E-state index in [1.807, 2.05) is 11.3 Å². The van der Waals surface area contributed by atoms with Gasteiger partial charge in [0.1, 0.15) is 11.2 Å². The fraction of sp³-hybridized carbons (Fsp3) is 0.242. The lowest BCUT2D eigenvalue weighted by atomic mass is 9.66. The summed E-state index contributed by atoms with van der Waals surface area (Å²) in [7, 11) is 0. The zero-order chi connectivity index (χ0) is 69.1. The van der Waals surface area contributed by atoms with Gasteiger partial charge in [0.05, 0.1) is 11.1 Å². The minimum absolute atomic E-state index is 0.00308. The SMILES string of the molecule is CC(C)(C)c1ccc([C@H](Cc2cc3c(c4oc5ccccc5c24)-c2c(cc(N(c4ccccc4)c4ccc(C(C)(C)C)cc4)c4c2sc2ccccc24)C3(c2ccc(N(c3ccc(C(C)(C)C)cc3)c3ccc(C(C)(C)C)cc3)cc2)c2ccc(C(C)(C)C)cc2)c2ccccc2)cc1. The standard InChI is InChI=1S/C95H92N2OS/c1-90(2,3)64-36-34-62(35-37-64)78(61-26-18-16-19-27-61)58-63-59-79-86(88-84(63)76-30-22-24-32-82(76)98-88)87-80(60-81(85-77-31-23-25-33-83(77)99-89(85)87)97(71-28-20-17-21-29-71)75-54-46-68(47-55-75)94(13,14)15)95(79,69-40-38-65(39-41-69)91(4,5)6)70-48-56-74(57-49-70)96(72-50-42-66(43-51-72)92(7,8)9)73-52-44-67(45-53-73)93(10,11)12/h16-57,59-60,78H,58H2,1-15H3/t78-,95?/m1/s1. The van der Waals surface area contributed by atoms with Crippen molar-refractivity contribution in [1.82, 2.24) is 0 Å². The van der Waals surface area contributed by atoms with Gasteiger partial charge in [0.15, 0.2) is 0 Å². The number of fused-ring (bicyclic) bond motifs is 11. The fourth-order valence-electron chi connectivity index (χ4n) is 15.6. The van der Waals surface area contributed by atoms with Crippen molar-refractivity contribution in [2.24, 2.45) is 0 Å². The molecule has 3 nitrogen and oxygen atoms in total. The molecule has 0 aliphatic heterocycles. The highest BCUT2D eigenvalue weighted by Crippen LogP contribution is 2.64. The first kappa shape index (κ1) is 65.2. The van der Waals surface area contributed by atoms with Gasteiger partial charge in [0.2, 0.25) is 0 Å². The van der Waals surface area contributed by atoms with Gasteiger partial charge in [0, 0.05) is 76.4 Å². The van der Waals surface area contributed by atoms with Crippen LogP contribution in [0.5, 0.6) is 0 Å². The maximum Gasteiger partial charge on any atom is 0.143 e. The van der Waals surface area contributed by atoms with Crippen molar-refractivity contribution in [2.75, 3.05) is 9.80 Å². The average Bonchev–Trinajstić information content (AvgIpc) is 1.50. The fourth-order valence-corrected chi connectivity index (χ4v) is 16.9. The molecule has 0 saturated carbocycles. The molecular weight excluding hydrogens is 1220 g/mol. The number of thiophene rings is 1. The van der Waals surface area contributed by atoms with Gasteiger partial charge in [-0.05, 0) is 179 Å². The maximum absolute atomic E-state index is 7.74. The van der Waals surface area contributed by atoms with Crippen molar-refractivity contribution in [3.63, 3.8) is 0 Å². The van der Waals surface area contributed by atoms with Gasteiger partial charge in [-0.25, -0.2) is 0 Å². The van der Waals surface area contributed by atoms with E-state index in [0.29, 0.717) is 0 Å². The lowest BCUT2D eigenvalue weighted by Crippen LogP contribution is -2.29. The van der Waals surface area contributed by atoms with E-state index < -0.39 is 5.41 Å². The summed E-state index contributed by atoms with van der Waals surface area (Å²) >= 11 is 1.91. The Morgan fingerprint density at radius 3 is 1.24 bits per heavy atom. The number of anilines is 6. The zero-order valence-corrected chi connectivity index (χ0v) is 61.2. The van der Waals surface area contributed by atoms with Gasteiger partial charge in [-0.1, -0.05) is 292 Å². The van der Waals surface area contributed by atoms with Crippen molar-refractivity contribution in [3.05, 3.63) is 334 Å². The minimum Gasteiger partial charge on any atom is -0.455 e. The molecule has 0 fully saturated rings. The van der Waals surface area contributed by atoms with Crippen LogP contribution in [0.1, 0.15) is 177 Å². The van der Waals surface area contributed by atoms with Gasteiger partial charge < -0.3 is 14.2 Å². The molecule has 1 unspecified atom stereocenters. The van der Waals surface area contributed by atoms with Crippen LogP contribution < -0.4 is 9.80 Å². The molecule has 0 saturated heterocycles. The molecule has 0 amide bonds. The summed E-state index contributed by atoms with van der Waals surface area (Å²) in [5.41, 5.74) is 24.9. The second kappa shape index (κ2) is 24.3. The number of para-hydroxylation sites is 2. The van der Waals surface area contributed by atoms with E-state index in [2.05, 4.69) is 381 Å². The third-order valence-electron chi connectivity index (χ3n) is 21.2. The normalized spacial score (nSPS) is 14.7. The Hall–Kier alpha value is -9.74. The third-order valence-corrected chi connectivity index (χ3v) is 22.4. The highest BCUT2D eigenvalue weighted by molar-refractivity contribution is 7.26. The molecule has 0 radical (unpaired) electrons. The van der Waals surface area contributed by atoms with Crippen LogP contribution in [0.3, 0.4) is 0 Å². The molecule has 14 aromatic rings. The van der Waals surface area contributed by atoms with Crippen LogP contribution in [-0.2, 0) is 38.9 Å². The lowest BCUT2D eigenvalue weighted by Gasteiger charge is -2.36. The number of benzene rings is 12. The number of furan rings is 1. The first-order valence-electron chi connectivity index (χ1n) is 35.6. The van der Waals surface area contributed by atoms with E-state index in [1.165, 1.54) is 97.9 Å². The Morgan fingerprint density at radius 2 is 0.737 bits per heavy atom. The smallest absolute Gasteiger partial charge is 0.143 e. The molecule has 1 aliphatic rings. The van der Waals surface area contributed by atoms with Crippen molar-refractivity contribution >= 4 is 87.6 Å². The largest absolute Gasteiger partial charge is 0.455 e. The summed E-state index contributed by atoms with van der Waals surface area (Å²) in [4.78, 5) is 4.98. The quantitative estimate of drug-likeness (QED) is 0.122. The van der Waals surface area contributed by atoms with Crippen LogP contribution in [0.25, 0.3) is 53.2 Å². The highest BCUT2D eigenvalue weighted by atomic mass is 32.1. The van der Waals surface area contributed by atoms with E-state index >= 15 is 0 Å². The van der Waals surface area contributed by atoms with Gasteiger partial charge >= 0.3 is 0 Å². The van der Waals surface area contributed by atoms with Crippen LogP contribution in [-0.4, -0.2) is 0 Å². The van der Waals surface area contributed by atoms with Gasteiger partial charge in [-0.15, -0.1) is 11.3 Å². The monoisotopic (exact) mass is 1310 g/mol. The number of hydrogen-bond acceptors (Lipinski definition) is 4. The van der Waals surface area contributed by atoms with Gasteiger partial charge in [-0.2, -0.15) is 0 Å². The number of rotatable bonds is 12. The van der Waals surface area contributed by atoms with Crippen molar-refractivity contribution in [1.29, 1.82) is 0 Å². The highest BCUT2D eigenvalue weighted by Gasteiger charge is 2.50. The summed E-state index contributed by atoms with van der Waals surface area (Å²) in [5.74, 6) is 0.0181. The molecule has 494 valence electrons. The van der Waals surface area contributed by atoms with Crippen LogP contribution in [0, 0.1) is 0 Å². The molecule has 0 N–H and O–H groups in total. The molecule has 2 aromatic heterocycles. The average molecular weight is 1310 g/mol. The summed E-state index contributed by atoms with van der Waals surface area (Å²) < 4.78 is 10.2. The van der Waals surface area contributed by atoms with Crippen molar-refractivity contribution in [2.45, 2.75) is 149 Å². The minimum atomic E-state index is -0.927. The molecule has 99 heavy (non-hydrogen) atoms. The molecule has 1 aliphatic carbocycles. The van der Waals surface area contributed by atoms with Crippen LogP contribution in [0.2, 0.25) is 0 Å². The maximum atomic E-state index is 7.74. The molecule has 0 spiro atoms. The Morgan fingerprint density at radius 1 is 0.354 bits per heavy atom. The molecule has 4 heteroatoms. The Kier molecular flexibility index (Phi) is 16.0. The van der Waals surface area contributed by atoms with Crippen molar-refractivity contribution in [3.8, 4) is 11.1 Å². The lowest BCUT2D eigenvalue weighted by molar-refractivity contribution is 0.589. The van der Waals surface area contributed by atoms with E-state index in [1.54, 1.807) is 0 Å². The Labute approximate surface area is 591 Å². The predicted molar refractivity (Wildman–Crippen MR) is 425 cm³/mol. The number of nitrogens with zero attached hydrogens (tertiary/aromatic N) is 2.